The van der Waals surface area contributed by atoms with Crippen molar-refractivity contribution < 1.29 is 18.3 Å². The Bertz CT molecular complexity index is 662. The normalized spacial score (nSPS) is 10.5. The summed E-state index contributed by atoms with van der Waals surface area (Å²) in [6, 6.07) is 5.37. The van der Waals surface area contributed by atoms with Crippen molar-refractivity contribution in [2.45, 2.75) is 6.42 Å². The molecule has 22 heavy (non-hydrogen) atoms. The summed E-state index contributed by atoms with van der Waals surface area (Å²) in [5.74, 6) is -2.21. The molecule has 0 unspecified atom stereocenters. The second-order valence-corrected chi connectivity index (χ2v) is 4.67. The van der Waals surface area contributed by atoms with E-state index in [0.717, 1.165) is 6.07 Å². The van der Waals surface area contributed by atoms with Gasteiger partial charge < -0.3 is 10.1 Å². The molecule has 0 aliphatic heterocycles. The second-order valence-electron chi connectivity index (χ2n) is 4.67. The zero-order chi connectivity index (χ0) is 15.9. The summed E-state index contributed by atoms with van der Waals surface area (Å²) >= 11 is 0. The Labute approximate surface area is 127 Å². The van der Waals surface area contributed by atoms with Gasteiger partial charge in [0.15, 0.2) is 11.6 Å². The lowest BCUT2D eigenvalue weighted by Crippen LogP contribution is -2.25. The summed E-state index contributed by atoms with van der Waals surface area (Å²) < 4.78 is 32.0. The highest BCUT2D eigenvalue weighted by molar-refractivity contribution is 5.95. The number of carbonyl (C=O) groups excluding carboxylic acids is 1. The molecule has 6 heteroatoms. The summed E-state index contributed by atoms with van der Waals surface area (Å²) in [4.78, 5) is 15.9. The Morgan fingerprint density at radius 1 is 1.32 bits per heavy atom. The molecule has 0 fully saturated rings. The molecule has 4 nitrogen and oxygen atoms in total. The van der Waals surface area contributed by atoms with Gasteiger partial charge in [0.25, 0.3) is 5.91 Å². The fourth-order valence-corrected chi connectivity index (χ4v) is 1.96. The lowest BCUT2D eigenvalue weighted by Gasteiger charge is -2.07. The van der Waals surface area contributed by atoms with Crippen molar-refractivity contribution in [3.63, 3.8) is 0 Å². The number of nitrogens with one attached hydrogen (secondary N) is 1. The average Bonchev–Trinajstić information content (AvgIpc) is 2.54. The van der Waals surface area contributed by atoms with E-state index >= 15 is 0 Å². The van der Waals surface area contributed by atoms with Crippen LogP contribution in [0.15, 0.2) is 36.7 Å². The number of aromatic nitrogens is 1. The van der Waals surface area contributed by atoms with Crippen LogP contribution in [0.5, 0.6) is 0 Å². The van der Waals surface area contributed by atoms with Crippen LogP contribution in [0.4, 0.5) is 8.78 Å². The van der Waals surface area contributed by atoms with Crippen LogP contribution < -0.4 is 5.32 Å². The third kappa shape index (κ3) is 3.85. The largest absolute Gasteiger partial charge is 0.385 e. The van der Waals surface area contributed by atoms with Gasteiger partial charge in [0.1, 0.15) is 0 Å². The van der Waals surface area contributed by atoms with Crippen molar-refractivity contribution in [3.05, 3.63) is 53.9 Å². The Morgan fingerprint density at radius 2 is 2.14 bits per heavy atom. The van der Waals surface area contributed by atoms with Gasteiger partial charge in [0.2, 0.25) is 0 Å². The van der Waals surface area contributed by atoms with Crippen molar-refractivity contribution in [2.24, 2.45) is 0 Å². The molecule has 116 valence electrons. The molecule has 0 saturated carbocycles. The first-order valence-corrected chi connectivity index (χ1v) is 6.80. The van der Waals surface area contributed by atoms with E-state index < -0.39 is 11.6 Å². The van der Waals surface area contributed by atoms with E-state index in [0.29, 0.717) is 30.7 Å². The highest BCUT2D eigenvalue weighted by atomic mass is 19.2. The van der Waals surface area contributed by atoms with Gasteiger partial charge in [0.05, 0.1) is 5.56 Å². The summed E-state index contributed by atoms with van der Waals surface area (Å²) in [6.07, 6.45) is 3.46. The Hall–Kier alpha value is -2.34. The Kier molecular flexibility index (Phi) is 5.55. The number of nitrogens with zero attached hydrogens (tertiary/aromatic N) is 1. The highest BCUT2D eigenvalue weighted by Gasteiger charge is 2.12. The molecule has 1 amide bonds. The number of methoxy groups -OCH3 is 1. The van der Waals surface area contributed by atoms with Crippen molar-refractivity contribution in [3.8, 4) is 11.1 Å². The van der Waals surface area contributed by atoms with Gasteiger partial charge in [-0.3, -0.25) is 9.78 Å². The third-order valence-corrected chi connectivity index (χ3v) is 3.07. The number of rotatable bonds is 6. The number of pyridine rings is 1. The van der Waals surface area contributed by atoms with E-state index in [1.165, 1.54) is 30.6 Å². The molecule has 0 atom stereocenters. The fraction of sp³-hybridized carbons (Fsp3) is 0.250. The van der Waals surface area contributed by atoms with Gasteiger partial charge in [-0.15, -0.1) is 0 Å². The van der Waals surface area contributed by atoms with Crippen LogP contribution in [-0.2, 0) is 4.74 Å². The SMILES string of the molecule is COCCCNC(=O)c1cncc(-c2cccc(F)c2F)c1. The van der Waals surface area contributed by atoms with Gasteiger partial charge in [0, 0.05) is 43.8 Å². The number of amides is 1. The summed E-state index contributed by atoms with van der Waals surface area (Å²) in [6.45, 7) is 1.01. The molecule has 0 aliphatic rings. The van der Waals surface area contributed by atoms with Crippen LogP contribution in [0, 0.1) is 11.6 Å². The van der Waals surface area contributed by atoms with Crippen molar-refractivity contribution in [1.82, 2.24) is 10.3 Å². The molecule has 0 bridgehead atoms. The van der Waals surface area contributed by atoms with Crippen LogP contribution in [0.3, 0.4) is 0 Å². The standard InChI is InChI=1S/C16H16F2N2O2/c1-22-7-3-6-20-16(21)12-8-11(9-19-10-12)13-4-2-5-14(17)15(13)18/h2,4-5,8-10H,3,6-7H2,1H3,(H,20,21). The van der Waals surface area contributed by atoms with Crippen LogP contribution in [-0.4, -0.2) is 31.2 Å². The number of hydrogen-bond donors (Lipinski definition) is 1. The second kappa shape index (κ2) is 7.61. The minimum absolute atomic E-state index is 0.0709. The average molecular weight is 306 g/mol. The molecule has 1 aromatic carbocycles. The number of halogens is 2. The predicted octanol–water partition coefficient (Wildman–Crippen LogP) is 2.79. The first kappa shape index (κ1) is 16.0. The first-order chi connectivity index (χ1) is 10.6. The van der Waals surface area contributed by atoms with E-state index in [-0.39, 0.29) is 11.5 Å². The van der Waals surface area contributed by atoms with E-state index in [1.807, 2.05) is 0 Å². The predicted molar refractivity (Wildman–Crippen MR) is 78.4 cm³/mol. The van der Waals surface area contributed by atoms with Crippen LogP contribution in [0.2, 0.25) is 0 Å². The molecule has 0 radical (unpaired) electrons. The molecule has 1 N–H and O–H groups in total. The smallest absolute Gasteiger partial charge is 0.252 e. The van der Waals surface area contributed by atoms with Crippen molar-refractivity contribution >= 4 is 5.91 Å². The molecule has 1 aromatic heterocycles. The van der Waals surface area contributed by atoms with Gasteiger partial charge >= 0.3 is 0 Å². The van der Waals surface area contributed by atoms with E-state index in [4.69, 9.17) is 4.74 Å². The fourth-order valence-electron chi connectivity index (χ4n) is 1.96. The van der Waals surface area contributed by atoms with E-state index in [2.05, 4.69) is 10.3 Å². The van der Waals surface area contributed by atoms with E-state index in [1.54, 1.807) is 7.11 Å². The Morgan fingerprint density at radius 3 is 2.91 bits per heavy atom. The topological polar surface area (TPSA) is 51.2 Å². The summed E-state index contributed by atoms with van der Waals surface area (Å²) in [5, 5.41) is 2.71. The third-order valence-electron chi connectivity index (χ3n) is 3.07. The lowest BCUT2D eigenvalue weighted by molar-refractivity contribution is 0.0948. The van der Waals surface area contributed by atoms with Crippen LogP contribution in [0.25, 0.3) is 11.1 Å². The molecule has 2 aromatic rings. The van der Waals surface area contributed by atoms with Gasteiger partial charge in [-0.1, -0.05) is 12.1 Å². The van der Waals surface area contributed by atoms with Gasteiger partial charge in [-0.25, -0.2) is 8.78 Å². The molecule has 0 spiro atoms. The summed E-state index contributed by atoms with van der Waals surface area (Å²) in [5.41, 5.74) is 0.710. The minimum Gasteiger partial charge on any atom is -0.385 e. The quantitative estimate of drug-likeness (QED) is 0.835. The van der Waals surface area contributed by atoms with Crippen molar-refractivity contribution in [1.29, 1.82) is 0 Å². The maximum absolute atomic E-state index is 13.8. The zero-order valence-corrected chi connectivity index (χ0v) is 12.1. The number of ether oxygens (including phenoxy) is 1. The maximum Gasteiger partial charge on any atom is 0.252 e. The van der Waals surface area contributed by atoms with Gasteiger partial charge in [-0.05, 0) is 18.6 Å². The first-order valence-electron chi connectivity index (χ1n) is 6.80. The summed E-state index contributed by atoms with van der Waals surface area (Å²) in [7, 11) is 1.59. The lowest BCUT2D eigenvalue weighted by atomic mass is 10.0. The number of hydrogen-bond acceptors (Lipinski definition) is 3. The number of benzene rings is 1. The molecule has 0 saturated heterocycles. The molecule has 1 heterocycles. The van der Waals surface area contributed by atoms with Crippen molar-refractivity contribution in [2.75, 3.05) is 20.3 Å². The van der Waals surface area contributed by atoms with E-state index in [9.17, 15) is 13.6 Å². The highest BCUT2D eigenvalue weighted by Crippen LogP contribution is 2.24. The molecule has 0 aliphatic carbocycles. The minimum atomic E-state index is -0.957. The molecular formula is C16H16F2N2O2. The van der Waals surface area contributed by atoms with Gasteiger partial charge in [-0.2, -0.15) is 0 Å². The monoisotopic (exact) mass is 306 g/mol. The zero-order valence-electron chi connectivity index (χ0n) is 12.1. The maximum atomic E-state index is 13.8. The molecular weight excluding hydrogens is 290 g/mol. The molecule has 2 rings (SSSR count). The van der Waals surface area contributed by atoms with Crippen LogP contribution >= 0.6 is 0 Å². The Balaban J connectivity index is 2.16. The van der Waals surface area contributed by atoms with Crippen LogP contribution in [0.1, 0.15) is 16.8 Å². The number of carbonyl (C=O) groups is 1.